The lowest BCUT2D eigenvalue weighted by molar-refractivity contribution is -0.141. The van der Waals surface area contributed by atoms with Crippen LogP contribution in [0.4, 0.5) is 0 Å². The van der Waals surface area contributed by atoms with Crippen molar-refractivity contribution in [1.29, 1.82) is 0 Å². The summed E-state index contributed by atoms with van der Waals surface area (Å²) in [6.07, 6.45) is 0.264. The Kier molecular flexibility index (Phi) is 15.5. The Morgan fingerprint density at radius 1 is 0.867 bits per heavy atom. The van der Waals surface area contributed by atoms with Crippen LogP contribution in [-0.2, 0) is 30.4 Å². The summed E-state index contributed by atoms with van der Waals surface area (Å²) < 4.78 is 0. The number of benzene rings is 1. The minimum absolute atomic E-state index is 0.00186. The topological polar surface area (TPSA) is 297 Å². The maximum absolute atomic E-state index is 13.5. The number of carbonyl (C=O) groups is 5. The molecular formula is C28H45N9O8. The SMILES string of the molecule is NCCCCC[C@@H]1NC(O)[C@@H](Cc2ccc(O)cc2)NC(=O)[C@@H](CC(=O)O)NC(=O)CNC(=O)[C@H](CCCN=C(N)N)NC1=O. The Labute approximate surface area is 260 Å². The van der Waals surface area contributed by atoms with Gasteiger partial charge in [-0.1, -0.05) is 25.0 Å². The number of aliphatic imine (C=N–C) groups is 1. The Balaban J connectivity index is 2.45. The lowest BCUT2D eigenvalue weighted by Crippen LogP contribution is -2.60. The number of rotatable bonds is 13. The molecule has 0 aromatic heterocycles. The predicted molar refractivity (Wildman–Crippen MR) is 163 cm³/mol. The third-order valence-corrected chi connectivity index (χ3v) is 7.02. The van der Waals surface area contributed by atoms with Crippen molar-refractivity contribution in [2.24, 2.45) is 22.2 Å². The van der Waals surface area contributed by atoms with Crippen molar-refractivity contribution in [2.45, 2.75) is 81.8 Å². The number of aliphatic carboxylic acids is 1. The Hall–Kier alpha value is -4.48. The zero-order valence-electron chi connectivity index (χ0n) is 25.0. The van der Waals surface area contributed by atoms with E-state index < -0.39 is 73.0 Å². The monoisotopic (exact) mass is 635 g/mol. The number of hydrogen-bond acceptors (Lipinski definition) is 10. The van der Waals surface area contributed by atoms with Gasteiger partial charge in [-0.3, -0.25) is 34.3 Å². The number of carbonyl (C=O) groups excluding carboxylic acids is 4. The van der Waals surface area contributed by atoms with Gasteiger partial charge in [0.05, 0.1) is 25.0 Å². The zero-order chi connectivity index (χ0) is 33.4. The first-order chi connectivity index (χ1) is 21.4. The van der Waals surface area contributed by atoms with Gasteiger partial charge in [0.1, 0.15) is 24.1 Å². The van der Waals surface area contributed by atoms with Crippen LogP contribution in [0.5, 0.6) is 5.75 Å². The molecule has 250 valence electrons. The summed E-state index contributed by atoms with van der Waals surface area (Å²) in [5, 5.41) is 43.2. The highest BCUT2D eigenvalue weighted by Gasteiger charge is 2.33. The van der Waals surface area contributed by atoms with Gasteiger partial charge in [0.15, 0.2) is 5.96 Å². The van der Waals surface area contributed by atoms with Gasteiger partial charge in [-0.05, 0) is 56.3 Å². The van der Waals surface area contributed by atoms with Crippen molar-refractivity contribution in [3.8, 4) is 5.75 Å². The number of nitrogens with two attached hydrogens (primary N) is 3. The van der Waals surface area contributed by atoms with Crippen molar-refractivity contribution in [3.63, 3.8) is 0 Å². The van der Waals surface area contributed by atoms with Gasteiger partial charge in [-0.15, -0.1) is 0 Å². The lowest BCUT2D eigenvalue weighted by Gasteiger charge is -2.30. The second kappa shape index (κ2) is 19.0. The van der Waals surface area contributed by atoms with E-state index in [0.29, 0.717) is 37.8 Å². The summed E-state index contributed by atoms with van der Waals surface area (Å²) in [5.74, 6) is -4.59. The number of guanidine groups is 1. The van der Waals surface area contributed by atoms with Crippen LogP contribution in [0.3, 0.4) is 0 Å². The van der Waals surface area contributed by atoms with Crippen molar-refractivity contribution in [2.75, 3.05) is 19.6 Å². The maximum atomic E-state index is 13.5. The lowest BCUT2D eigenvalue weighted by atomic mass is 10.0. The quantitative estimate of drug-likeness (QED) is 0.0582. The molecular weight excluding hydrogens is 590 g/mol. The number of unbranched alkanes of at least 4 members (excludes halogenated alkanes) is 2. The minimum atomic E-state index is -1.55. The number of aromatic hydroxyl groups is 1. The highest BCUT2D eigenvalue weighted by molar-refractivity contribution is 5.94. The summed E-state index contributed by atoms with van der Waals surface area (Å²) in [6.45, 7) is 0.0182. The minimum Gasteiger partial charge on any atom is -0.508 e. The third kappa shape index (κ3) is 13.8. The fraction of sp³-hybridized carbons (Fsp3) is 0.571. The van der Waals surface area contributed by atoms with E-state index in [9.17, 15) is 39.3 Å². The number of hydrogen-bond donors (Lipinski definition) is 11. The first-order valence-electron chi connectivity index (χ1n) is 14.8. The molecule has 5 atom stereocenters. The van der Waals surface area contributed by atoms with Gasteiger partial charge in [-0.25, -0.2) is 0 Å². The molecule has 1 aliphatic heterocycles. The molecule has 1 fully saturated rings. The summed E-state index contributed by atoms with van der Waals surface area (Å²) in [7, 11) is 0. The van der Waals surface area contributed by atoms with E-state index in [2.05, 4.69) is 31.6 Å². The van der Waals surface area contributed by atoms with Crippen molar-refractivity contribution >= 4 is 35.6 Å². The molecule has 0 radical (unpaired) electrons. The molecule has 1 aliphatic rings. The summed E-state index contributed by atoms with van der Waals surface area (Å²) in [5.41, 5.74) is 16.9. The molecule has 0 saturated carbocycles. The number of carboxylic acids is 1. The largest absolute Gasteiger partial charge is 0.508 e. The molecule has 1 unspecified atom stereocenters. The molecule has 17 heteroatoms. The summed E-state index contributed by atoms with van der Waals surface area (Å²) >= 11 is 0. The van der Waals surface area contributed by atoms with Crippen LogP contribution < -0.4 is 43.8 Å². The van der Waals surface area contributed by atoms with Gasteiger partial charge < -0.3 is 53.8 Å². The van der Waals surface area contributed by atoms with Gasteiger partial charge in [0.2, 0.25) is 23.6 Å². The van der Waals surface area contributed by atoms with Crippen LogP contribution in [0.1, 0.15) is 50.5 Å². The molecule has 0 aliphatic carbocycles. The van der Waals surface area contributed by atoms with E-state index in [1.807, 2.05) is 0 Å². The molecule has 1 heterocycles. The number of aliphatic hydroxyl groups excluding tert-OH is 1. The van der Waals surface area contributed by atoms with E-state index >= 15 is 0 Å². The number of carboxylic acid groups (broad SMARTS) is 1. The fourth-order valence-corrected chi connectivity index (χ4v) is 4.66. The number of aliphatic hydroxyl groups is 1. The third-order valence-electron chi connectivity index (χ3n) is 7.02. The molecule has 1 aromatic carbocycles. The fourth-order valence-electron chi connectivity index (χ4n) is 4.66. The van der Waals surface area contributed by atoms with E-state index in [0.717, 1.165) is 0 Å². The normalized spacial score (nSPS) is 23.4. The first kappa shape index (κ1) is 36.7. The van der Waals surface area contributed by atoms with E-state index in [1.54, 1.807) is 12.1 Å². The predicted octanol–water partition coefficient (Wildman–Crippen LogP) is -3.16. The molecule has 2 rings (SSSR count). The second-order valence-corrected chi connectivity index (χ2v) is 10.7. The molecule has 1 aromatic rings. The highest BCUT2D eigenvalue weighted by Crippen LogP contribution is 2.14. The van der Waals surface area contributed by atoms with Crippen LogP contribution in [0.2, 0.25) is 0 Å². The Morgan fingerprint density at radius 3 is 2.18 bits per heavy atom. The first-order valence-corrected chi connectivity index (χ1v) is 14.8. The van der Waals surface area contributed by atoms with Crippen molar-refractivity contribution in [3.05, 3.63) is 29.8 Å². The zero-order valence-corrected chi connectivity index (χ0v) is 25.0. The van der Waals surface area contributed by atoms with Gasteiger partial charge in [0, 0.05) is 6.54 Å². The number of phenolic OH excluding ortho intramolecular Hbond substituents is 1. The molecule has 17 nitrogen and oxygen atoms in total. The van der Waals surface area contributed by atoms with Gasteiger partial charge >= 0.3 is 5.97 Å². The van der Waals surface area contributed by atoms with Crippen LogP contribution in [0, 0.1) is 0 Å². The van der Waals surface area contributed by atoms with E-state index in [4.69, 9.17) is 17.2 Å². The van der Waals surface area contributed by atoms with Crippen LogP contribution in [0.25, 0.3) is 0 Å². The Morgan fingerprint density at radius 2 is 1.53 bits per heavy atom. The van der Waals surface area contributed by atoms with Crippen LogP contribution in [0.15, 0.2) is 29.3 Å². The summed E-state index contributed by atoms with van der Waals surface area (Å²) in [4.78, 5) is 68.0. The average Bonchev–Trinajstić information content (AvgIpc) is 2.98. The van der Waals surface area contributed by atoms with Crippen molar-refractivity contribution < 1.29 is 39.3 Å². The molecule has 4 amide bonds. The number of nitrogens with one attached hydrogen (secondary N) is 5. The highest BCUT2D eigenvalue weighted by atomic mass is 16.4. The number of nitrogens with zero attached hydrogens (tertiary/aromatic N) is 1. The van der Waals surface area contributed by atoms with E-state index in [-0.39, 0.29) is 37.5 Å². The molecule has 1 saturated heterocycles. The smallest absolute Gasteiger partial charge is 0.305 e. The second-order valence-electron chi connectivity index (χ2n) is 10.7. The van der Waals surface area contributed by atoms with Gasteiger partial charge in [0.25, 0.3) is 0 Å². The number of phenols is 1. The average molecular weight is 636 g/mol. The molecule has 14 N–H and O–H groups in total. The molecule has 45 heavy (non-hydrogen) atoms. The van der Waals surface area contributed by atoms with Crippen LogP contribution >= 0.6 is 0 Å². The summed E-state index contributed by atoms with van der Waals surface area (Å²) in [6, 6.07) is 1.18. The maximum Gasteiger partial charge on any atom is 0.305 e. The number of amides is 4. The molecule has 0 bridgehead atoms. The molecule has 0 spiro atoms. The van der Waals surface area contributed by atoms with Crippen molar-refractivity contribution in [1.82, 2.24) is 26.6 Å². The Bertz CT molecular complexity index is 1180. The van der Waals surface area contributed by atoms with Crippen LogP contribution in [-0.4, -0.2) is 101 Å². The van der Waals surface area contributed by atoms with Gasteiger partial charge in [-0.2, -0.15) is 0 Å². The van der Waals surface area contributed by atoms with E-state index in [1.165, 1.54) is 12.1 Å². The standard InChI is InChI=1S/C28H45N9O8/c29-11-3-1-2-5-19-25(43)35-18(6-4-12-32-28(30)31)24(42)33-15-22(39)34-21(14-23(40)41)27(45)37-20(26(44)36-19)13-16-7-9-17(38)10-8-16/h7-10,18-21,26,36,38,44H,1-6,11-15,29H2,(H,33,42)(H,34,39)(H,35,43)(H,37,45)(H,40,41)(H4,30,31,32)/t18-,19-,20+,21+,26?/m0/s1.